The van der Waals surface area contributed by atoms with E-state index in [0.29, 0.717) is 18.7 Å². The van der Waals surface area contributed by atoms with Crippen molar-refractivity contribution in [3.63, 3.8) is 0 Å². The van der Waals surface area contributed by atoms with Crippen molar-refractivity contribution in [2.75, 3.05) is 5.32 Å². The van der Waals surface area contributed by atoms with Crippen molar-refractivity contribution in [2.45, 2.75) is 19.4 Å². The number of carbonyl (C=O) groups is 2. The van der Waals surface area contributed by atoms with Crippen molar-refractivity contribution < 1.29 is 9.59 Å². The second-order valence-corrected chi connectivity index (χ2v) is 6.08. The molecule has 0 aromatic heterocycles. The van der Waals surface area contributed by atoms with Crippen molar-refractivity contribution >= 4 is 33.4 Å². The molecule has 2 rings (SSSR count). The fourth-order valence-corrected chi connectivity index (χ4v) is 2.53. The molecule has 2 aromatic carbocycles. The smallest absolute Gasteiger partial charge is 0.234 e. The Labute approximate surface area is 148 Å². The van der Waals surface area contributed by atoms with Crippen molar-refractivity contribution in [2.24, 2.45) is 0 Å². The Bertz CT molecular complexity index is 767. The second kappa shape index (κ2) is 8.85. The Morgan fingerprint density at radius 1 is 1.04 bits per heavy atom. The Kier molecular flexibility index (Phi) is 6.52. The molecular weight excluding hydrogens is 370 g/mol. The van der Waals surface area contributed by atoms with E-state index in [1.807, 2.05) is 36.4 Å². The lowest BCUT2D eigenvalue weighted by Crippen LogP contribution is -2.21. The number of amides is 2. The van der Waals surface area contributed by atoms with Crippen LogP contribution in [0.3, 0.4) is 0 Å². The van der Waals surface area contributed by atoms with E-state index in [0.717, 1.165) is 15.6 Å². The fourth-order valence-electron chi connectivity index (χ4n) is 2.08. The molecule has 5 nitrogen and oxygen atoms in total. The average Bonchev–Trinajstić information content (AvgIpc) is 2.54. The SMILES string of the molecule is N#CCC(=O)NCc1ccc(NC(=O)Cc2cccc(Br)c2)cc1. The molecule has 0 unspecified atom stereocenters. The number of carbonyl (C=O) groups excluding carboxylic acids is 2. The number of rotatable bonds is 6. The molecule has 2 aromatic rings. The molecule has 2 N–H and O–H groups in total. The molecule has 2 amide bonds. The molecule has 0 spiro atoms. The van der Waals surface area contributed by atoms with E-state index in [9.17, 15) is 9.59 Å². The summed E-state index contributed by atoms with van der Waals surface area (Å²) in [4.78, 5) is 23.3. The van der Waals surface area contributed by atoms with Crippen LogP contribution in [0.1, 0.15) is 17.5 Å². The second-order valence-electron chi connectivity index (χ2n) is 5.16. The number of nitrogens with one attached hydrogen (secondary N) is 2. The van der Waals surface area contributed by atoms with Gasteiger partial charge in [0, 0.05) is 16.7 Å². The highest BCUT2D eigenvalue weighted by Gasteiger charge is 2.05. The first-order chi connectivity index (χ1) is 11.6. The van der Waals surface area contributed by atoms with E-state index in [2.05, 4.69) is 26.6 Å². The molecule has 0 atom stereocenters. The van der Waals surface area contributed by atoms with Crippen molar-refractivity contribution in [3.05, 3.63) is 64.1 Å². The summed E-state index contributed by atoms with van der Waals surface area (Å²) in [6.07, 6.45) is 0.148. The molecule has 0 aliphatic carbocycles. The van der Waals surface area contributed by atoms with Crippen LogP contribution >= 0.6 is 15.9 Å². The number of nitriles is 1. The van der Waals surface area contributed by atoms with Crippen LogP contribution in [0, 0.1) is 11.3 Å². The highest BCUT2D eigenvalue weighted by molar-refractivity contribution is 9.10. The Morgan fingerprint density at radius 3 is 2.46 bits per heavy atom. The maximum absolute atomic E-state index is 12.1. The van der Waals surface area contributed by atoms with Gasteiger partial charge >= 0.3 is 0 Å². The maximum Gasteiger partial charge on any atom is 0.234 e. The quantitative estimate of drug-likeness (QED) is 0.800. The Hall–Kier alpha value is -2.65. The average molecular weight is 386 g/mol. The van der Waals surface area contributed by atoms with E-state index in [1.165, 1.54) is 0 Å². The third kappa shape index (κ3) is 5.86. The third-order valence-corrected chi connectivity index (χ3v) is 3.71. The molecule has 122 valence electrons. The molecule has 0 bridgehead atoms. The topological polar surface area (TPSA) is 82.0 Å². The van der Waals surface area contributed by atoms with Gasteiger partial charge in [-0.3, -0.25) is 9.59 Å². The van der Waals surface area contributed by atoms with Gasteiger partial charge in [0.15, 0.2) is 0 Å². The molecule has 0 radical (unpaired) electrons. The number of nitrogens with zero attached hydrogens (tertiary/aromatic N) is 1. The first-order valence-electron chi connectivity index (χ1n) is 7.33. The highest BCUT2D eigenvalue weighted by Crippen LogP contribution is 2.14. The predicted octanol–water partition coefficient (Wildman–Crippen LogP) is 3.16. The maximum atomic E-state index is 12.1. The van der Waals surface area contributed by atoms with Gasteiger partial charge in [-0.05, 0) is 35.4 Å². The highest BCUT2D eigenvalue weighted by atomic mass is 79.9. The van der Waals surface area contributed by atoms with Crippen molar-refractivity contribution in [3.8, 4) is 6.07 Å². The van der Waals surface area contributed by atoms with E-state index >= 15 is 0 Å². The standard InChI is InChI=1S/C18H16BrN3O2/c19-15-3-1-2-14(10-15)11-18(24)22-16-6-4-13(5-7-16)12-21-17(23)8-9-20/h1-7,10H,8,11-12H2,(H,21,23)(H,22,24). The molecule has 0 aliphatic rings. The van der Waals surface area contributed by atoms with Gasteiger partial charge in [-0.2, -0.15) is 5.26 Å². The summed E-state index contributed by atoms with van der Waals surface area (Å²) in [6.45, 7) is 0.354. The zero-order chi connectivity index (χ0) is 17.4. The van der Waals surface area contributed by atoms with E-state index in [-0.39, 0.29) is 18.2 Å². The number of halogens is 1. The summed E-state index contributed by atoms with van der Waals surface area (Å²) in [7, 11) is 0. The van der Waals surface area contributed by atoms with Gasteiger partial charge in [0.25, 0.3) is 0 Å². The molecule has 0 saturated carbocycles. The van der Waals surface area contributed by atoms with Gasteiger partial charge < -0.3 is 10.6 Å². The summed E-state index contributed by atoms with van der Waals surface area (Å²) < 4.78 is 0.940. The van der Waals surface area contributed by atoms with Gasteiger partial charge in [0.05, 0.1) is 12.5 Å². The van der Waals surface area contributed by atoms with Gasteiger partial charge in [-0.15, -0.1) is 0 Å². The van der Waals surface area contributed by atoms with Gasteiger partial charge in [-0.1, -0.05) is 40.2 Å². The lowest BCUT2D eigenvalue weighted by atomic mass is 10.1. The molecular formula is C18H16BrN3O2. The van der Waals surface area contributed by atoms with Gasteiger partial charge in [-0.25, -0.2) is 0 Å². The van der Waals surface area contributed by atoms with Gasteiger partial charge in [0.1, 0.15) is 6.42 Å². The Morgan fingerprint density at radius 2 is 1.79 bits per heavy atom. The summed E-state index contributed by atoms with van der Waals surface area (Å²) in [6, 6.07) is 16.6. The fraction of sp³-hybridized carbons (Fsp3) is 0.167. The van der Waals surface area contributed by atoms with E-state index < -0.39 is 0 Å². The predicted molar refractivity (Wildman–Crippen MR) is 95.0 cm³/mol. The van der Waals surface area contributed by atoms with Crippen LogP contribution in [-0.4, -0.2) is 11.8 Å². The van der Waals surface area contributed by atoms with Crippen LogP contribution in [0.4, 0.5) is 5.69 Å². The summed E-state index contributed by atoms with van der Waals surface area (Å²) in [5.74, 6) is -0.396. The molecule has 0 heterocycles. The number of hydrogen-bond acceptors (Lipinski definition) is 3. The minimum atomic E-state index is -0.302. The first kappa shape index (κ1) is 17.7. The minimum absolute atomic E-state index is 0.0943. The molecule has 6 heteroatoms. The zero-order valence-electron chi connectivity index (χ0n) is 12.9. The van der Waals surface area contributed by atoms with Crippen LogP contribution in [0.25, 0.3) is 0 Å². The zero-order valence-corrected chi connectivity index (χ0v) is 14.5. The van der Waals surface area contributed by atoms with Crippen LogP contribution in [0.15, 0.2) is 53.0 Å². The van der Waals surface area contributed by atoms with E-state index in [1.54, 1.807) is 18.2 Å². The van der Waals surface area contributed by atoms with Crippen molar-refractivity contribution in [1.82, 2.24) is 5.32 Å². The van der Waals surface area contributed by atoms with Crippen LogP contribution in [-0.2, 0) is 22.6 Å². The Balaban J connectivity index is 1.86. The van der Waals surface area contributed by atoms with Crippen LogP contribution in [0.5, 0.6) is 0 Å². The van der Waals surface area contributed by atoms with Gasteiger partial charge in [0.2, 0.25) is 11.8 Å². The number of anilines is 1. The van der Waals surface area contributed by atoms with Crippen LogP contribution in [0.2, 0.25) is 0 Å². The summed E-state index contributed by atoms with van der Waals surface area (Å²) >= 11 is 3.38. The van der Waals surface area contributed by atoms with Crippen molar-refractivity contribution in [1.29, 1.82) is 5.26 Å². The third-order valence-electron chi connectivity index (χ3n) is 3.22. The summed E-state index contributed by atoms with van der Waals surface area (Å²) in [5.41, 5.74) is 2.52. The molecule has 0 saturated heterocycles. The normalized spacial score (nSPS) is 9.83. The van der Waals surface area contributed by atoms with E-state index in [4.69, 9.17) is 5.26 Å². The minimum Gasteiger partial charge on any atom is -0.351 e. The summed E-state index contributed by atoms with van der Waals surface area (Å²) in [5, 5.41) is 13.9. The largest absolute Gasteiger partial charge is 0.351 e. The lowest BCUT2D eigenvalue weighted by Gasteiger charge is -2.07. The molecule has 0 aliphatic heterocycles. The number of benzene rings is 2. The number of hydrogen-bond donors (Lipinski definition) is 2. The molecule has 24 heavy (non-hydrogen) atoms. The first-order valence-corrected chi connectivity index (χ1v) is 8.13. The van der Waals surface area contributed by atoms with Crippen LogP contribution < -0.4 is 10.6 Å². The molecule has 0 fully saturated rings. The monoisotopic (exact) mass is 385 g/mol. The lowest BCUT2D eigenvalue weighted by molar-refractivity contribution is -0.120.